The van der Waals surface area contributed by atoms with Gasteiger partial charge in [-0.1, -0.05) is 0 Å². The molecule has 0 N–H and O–H groups in total. The van der Waals surface area contributed by atoms with E-state index in [0.717, 1.165) is 4.90 Å². The van der Waals surface area contributed by atoms with Crippen molar-refractivity contribution < 1.29 is 31.0 Å². The molecule has 0 aliphatic rings. The van der Waals surface area contributed by atoms with Crippen LogP contribution in [0, 0.1) is 0 Å². The Morgan fingerprint density at radius 3 is 2.62 bits per heavy atom. The Hall–Kier alpha value is 0.500. The van der Waals surface area contributed by atoms with Gasteiger partial charge >= 0.3 is 29.6 Å². The van der Waals surface area contributed by atoms with Crippen molar-refractivity contribution in [1.29, 1.82) is 0 Å². The first-order valence-electron chi connectivity index (χ1n) is 1.98. The molecule has 1 heterocycles. The molecule has 0 saturated carbocycles. The van der Waals surface area contributed by atoms with Crippen molar-refractivity contribution in [1.82, 2.24) is 4.98 Å². The van der Waals surface area contributed by atoms with Gasteiger partial charge in [-0.05, 0) is 12.1 Å². The van der Waals surface area contributed by atoms with E-state index in [1.165, 1.54) is 0 Å². The molecule has 0 amide bonds. The van der Waals surface area contributed by atoms with Gasteiger partial charge in [0.15, 0.2) is 0 Å². The van der Waals surface area contributed by atoms with E-state index in [0.29, 0.717) is 0 Å². The van der Waals surface area contributed by atoms with Crippen molar-refractivity contribution in [2.75, 3.05) is 0 Å². The molecule has 0 aliphatic heterocycles. The Labute approximate surface area is 77.7 Å². The van der Waals surface area contributed by atoms with Crippen molar-refractivity contribution in [3.8, 4) is 0 Å². The first kappa shape index (κ1) is 8.50. The molecule has 3 heteroatoms. The van der Waals surface area contributed by atoms with Crippen LogP contribution in [0.4, 0.5) is 0 Å². The predicted octanol–water partition coefficient (Wildman–Crippen LogP) is -1.51. The molecule has 0 bridgehead atoms. The van der Waals surface area contributed by atoms with Gasteiger partial charge in [0.2, 0.25) is 0 Å². The van der Waals surface area contributed by atoms with Crippen molar-refractivity contribution in [2.24, 2.45) is 0 Å². The van der Waals surface area contributed by atoms with Crippen LogP contribution in [0.5, 0.6) is 0 Å². The fourth-order valence-electron chi connectivity index (χ4n) is 0.354. The summed E-state index contributed by atoms with van der Waals surface area (Å²) < 4.78 is 0. The van der Waals surface area contributed by atoms with Gasteiger partial charge < -0.3 is 1.43 Å². The minimum absolute atomic E-state index is 0. The van der Waals surface area contributed by atoms with E-state index in [-0.39, 0.29) is 31.0 Å². The molecule has 0 aromatic carbocycles. The van der Waals surface area contributed by atoms with Gasteiger partial charge in [-0.3, -0.25) is 4.98 Å². The fraction of sp³-hybridized carbons (Fsp3) is 0. The molecule has 38 valence electrons. The molecule has 1 nitrogen and oxygen atoms in total. The SMILES string of the molecule is Sc1cccnc1.[H-].[Na+]. The summed E-state index contributed by atoms with van der Waals surface area (Å²) in [6.45, 7) is 0. The molecule has 1 rings (SSSR count). The minimum Gasteiger partial charge on any atom is -1.00 e. The standard InChI is InChI=1S/C5H5NS.Na.H/c7-5-2-1-3-6-4-5;;/h1-4,7H;;/q;+1;-1. The third-order valence-electron chi connectivity index (χ3n) is 0.646. The van der Waals surface area contributed by atoms with Crippen LogP contribution in [-0.4, -0.2) is 4.98 Å². The van der Waals surface area contributed by atoms with Crippen LogP contribution in [-0.2, 0) is 0 Å². The number of rotatable bonds is 0. The molecule has 0 unspecified atom stereocenters. The van der Waals surface area contributed by atoms with E-state index in [1.807, 2.05) is 12.1 Å². The summed E-state index contributed by atoms with van der Waals surface area (Å²) in [7, 11) is 0. The van der Waals surface area contributed by atoms with Crippen molar-refractivity contribution in [3.05, 3.63) is 24.5 Å². The van der Waals surface area contributed by atoms with Crippen molar-refractivity contribution >= 4 is 12.6 Å². The molecular formula is C5H6NNaS. The smallest absolute Gasteiger partial charge is 1.00 e. The Kier molecular flexibility index (Phi) is 4.66. The summed E-state index contributed by atoms with van der Waals surface area (Å²) in [6, 6.07) is 3.73. The summed E-state index contributed by atoms with van der Waals surface area (Å²) in [5.74, 6) is 0. The molecule has 0 aliphatic carbocycles. The minimum atomic E-state index is 0. The summed E-state index contributed by atoms with van der Waals surface area (Å²) in [5, 5.41) is 0. The Balaban J connectivity index is 0. The zero-order valence-corrected chi connectivity index (χ0v) is 7.60. The summed E-state index contributed by atoms with van der Waals surface area (Å²) in [4.78, 5) is 4.71. The van der Waals surface area contributed by atoms with Crippen molar-refractivity contribution in [3.63, 3.8) is 0 Å². The first-order chi connectivity index (χ1) is 3.39. The normalized spacial score (nSPS) is 7.62. The number of nitrogens with zero attached hydrogens (tertiary/aromatic N) is 1. The zero-order chi connectivity index (χ0) is 5.11. The second-order valence-corrected chi connectivity index (χ2v) is 1.73. The number of thiol groups is 1. The largest absolute Gasteiger partial charge is 1.00 e. The van der Waals surface area contributed by atoms with Crippen LogP contribution in [0.2, 0.25) is 0 Å². The summed E-state index contributed by atoms with van der Waals surface area (Å²) >= 11 is 4.02. The summed E-state index contributed by atoms with van der Waals surface area (Å²) in [6.07, 6.45) is 3.42. The first-order valence-corrected chi connectivity index (χ1v) is 2.43. The Morgan fingerprint density at radius 1 is 1.62 bits per heavy atom. The van der Waals surface area contributed by atoms with Gasteiger partial charge in [0, 0.05) is 17.3 Å². The van der Waals surface area contributed by atoms with Gasteiger partial charge in [0.1, 0.15) is 0 Å². The fourth-order valence-corrected chi connectivity index (χ4v) is 0.506. The van der Waals surface area contributed by atoms with E-state index in [1.54, 1.807) is 12.4 Å². The second-order valence-electron chi connectivity index (χ2n) is 1.21. The maximum Gasteiger partial charge on any atom is 1.00 e. The number of hydrogen-bond donors (Lipinski definition) is 1. The van der Waals surface area contributed by atoms with E-state index >= 15 is 0 Å². The topological polar surface area (TPSA) is 12.9 Å². The van der Waals surface area contributed by atoms with E-state index in [9.17, 15) is 0 Å². The molecule has 1 aromatic heterocycles. The Morgan fingerprint density at radius 2 is 2.38 bits per heavy atom. The van der Waals surface area contributed by atoms with Crippen LogP contribution >= 0.6 is 12.6 Å². The van der Waals surface area contributed by atoms with Crippen LogP contribution < -0.4 is 29.6 Å². The molecule has 0 spiro atoms. The molecule has 1 aromatic rings. The molecule has 0 fully saturated rings. The average Bonchev–Trinajstić information content (AvgIpc) is 1.69. The molecule has 0 saturated heterocycles. The molecule has 8 heavy (non-hydrogen) atoms. The van der Waals surface area contributed by atoms with Gasteiger partial charge in [0.25, 0.3) is 0 Å². The van der Waals surface area contributed by atoms with E-state index in [2.05, 4.69) is 17.6 Å². The number of pyridine rings is 1. The van der Waals surface area contributed by atoms with Gasteiger partial charge in [0.05, 0.1) is 0 Å². The zero-order valence-electron chi connectivity index (χ0n) is 5.70. The summed E-state index contributed by atoms with van der Waals surface area (Å²) in [5.41, 5.74) is 0. The average molecular weight is 135 g/mol. The number of aromatic nitrogens is 1. The second kappa shape index (κ2) is 4.39. The van der Waals surface area contributed by atoms with Gasteiger partial charge in [-0.25, -0.2) is 0 Å². The van der Waals surface area contributed by atoms with Gasteiger partial charge in [-0.2, -0.15) is 0 Å². The third kappa shape index (κ3) is 2.72. The van der Waals surface area contributed by atoms with Crippen molar-refractivity contribution in [2.45, 2.75) is 4.90 Å². The third-order valence-corrected chi connectivity index (χ3v) is 0.910. The monoisotopic (exact) mass is 135 g/mol. The maximum atomic E-state index is 4.02. The molecular weight excluding hydrogens is 129 g/mol. The molecule has 0 atom stereocenters. The van der Waals surface area contributed by atoms with Crippen LogP contribution in [0.25, 0.3) is 0 Å². The quantitative estimate of drug-likeness (QED) is 0.337. The van der Waals surface area contributed by atoms with Gasteiger partial charge in [-0.15, -0.1) is 12.6 Å². The van der Waals surface area contributed by atoms with E-state index in [4.69, 9.17) is 0 Å². The number of hydrogen-bond acceptors (Lipinski definition) is 2. The van der Waals surface area contributed by atoms with E-state index < -0.39 is 0 Å². The molecule has 0 radical (unpaired) electrons. The Bertz CT molecular complexity index is 147. The maximum absolute atomic E-state index is 4.02. The van der Waals surface area contributed by atoms with Crippen LogP contribution in [0.1, 0.15) is 1.43 Å². The predicted molar refractivity (Wildman–Crippen MR) is 32.6 cm³/mol. The van der Waals surface area contributed by atoms with Crippen LogP contribution in [0.15, 0.2) is 29.4 Å². The van der Waals surface area contributed by atoms with Crippen LogP contribution in [0.3, 0.4) is 0 Å².